The lowest BCUT2D eigenvalue weighted by Crippen LogP contribution is -2.33. The number of halogens is 4. The zero-order valence-electron chi connectivity index (χ0n) is 10.1. The van der Waals surface area contributed by atoms with Crippen molar-refractivity contribution in [3.8, 4) is 17.1 Å². The standard InChI is InChI=1S/C13H10F4N2O/c14-12(15)13(16,17)8-20-10-6-18-11(19-7-10)9-4-2-1-3-5-9/h1-7,12H,8H2. The molecule has 20 heavy (non-hydrogen) atoms. The highest BCUT2D eigenvalue weighted by molar-refractivity contribution is 5.54. The van der Waals surface area contributed by atoms with Crippen LogP contribution in [-0.2, 0) is 0 Å². The zero-order valence-corrected chi connectivity index (χ0v) is 10.1. The van der Waals surface area contributed by atoms with E-state index in [2.05, 4.69) is 14.7 Å². The molecule has 2 aromatic rings. The molecular formula is C13H10F4N2O. The number of aromatic nitrogens is 2. The van der Waals surface area contributed by atoms with Crippen molar-refractivity contribution in [2.75, 3.05) is 6.61 Å². The molecule has 0 bridgehead atoms. The Morgan fingerprint density at radius 1 is 1.05 bits per heavy atom. The van der Waals surface area contributed by atoms with Crippen molar-refractivity contribution < 1.29 is 22.3 Å². The van der Waals surface area contributed by atoms with Crippen LogP contribution in [0.2, 0.25) is 0 Å². The lowest BCUT2D eigenvalue weighted by Gasteiger charge is -2.15. The molecule has 0 spiro atoms. The van der Waals surface area contributed by atoms with Gasteiger partial charge in [-0.15, -0.1) is 0 Å². The van der Waals surface area contributed by atoms with Gasteiger partial charge < -0.3 is 4.74 Å². The molecule has 7 heteroatoms. The lowest BCUT2D eigenvalue weighted by atomic mass is 10.2. The van der Waals surface area contributed by atoms with Gasteiger partial charge in [0.25, 0.3) is 0 Å². The van der Waals surface area contributed by atoms with Gasteiger partial charge in [0.1, 0.15) is 0 Å². The lowest BCUT2D eigenvalue weighted by molar-refractivity contribution is -0.148. The highest BCUT2D eigenvalue weighted by atomic mass is 19.3. The van der Waals surface area contributed by atoms with Crippen LogP contribution in [0.15, 0.2) is 42.7 Å². The van der Waals surface area contributed by atoms with Crippen LogP contribution in [0.3, 0.4) is 0 Å². The number of alkyl halides is 4. The zero-order chi connectivity index (χ0) is 14.6. The number of nitrogens with zero attached hydrogens (tertiary/aromatic N) is 2. The van der Waals surface area contributed by atoms with Gasteiger partial charge in [0.05, 0.1) is 12.4 Å². The van der Waals surface area contributed by atoms with Gasteiger partial charge >= 0.3 is 12.3 Å². The quantitative estimate of drug-likeness (QED) is 0.790. The van der Waals surface area contributed by atoms with E-state index in [0.717, 1.165) is 18.0 Å². The average Bonchev–Trinajstić information content (AvgIpc) is 2.46. The predicted molar refractivity (Wildman–Crippen MR) is 63.9 cm³/mol. The predicted octanol–water partition coefficient (Wildman–Crippen LogP) is 3.42. The summed E-state index contributed by atoms with van der Waals surface area (Å²) in [5.74, 6) is -3.90. The Morgan fingerprint density at radius 2 is 1.65 bits per heavy atom. The molecule has 0 saturated carbocycles. The minimum atomic E-state index is -4.20. The van der Waals surface area contributed by atoms with Crippen molar-refractivity contribution in [2.24, 2.45) is 0 Å². The summed E-state index contributed by atoms with van der Waals surface area (Å²) in [5, 5.41) is 0. The fraction of sp³-hybridized carbons (Fsp3) is 0.231. The molecule has 0 saturated heterocycles. The first-order chi connectivity index (χ1) is 9.49. The molecule has 0 aliphatic heterocycles. The van der Waals surface area contributed by atoms with Crippen LogP contribution in [0.4, 0.5) is 17.6 Å². The molecule has 2 rings (SSSR count). The molecule has 0 amide bonds. The largest absolute Gasteiger partial charge is 0.484 e. The molecule has 1 aromatic carbocycles. The molecule has 0 atom stereocenters. The van der Waals surface area contributed by atoms with E-state index in [0.29, 0.717) is 5.82 Å². The van der Waals surface area contributed by atoms with Crippen LogP contribution < -0.4 is 4.74 Å². The van der Waals surface area contributed by atoms with E-state index < -0.39 is 19.0 Å². The molecule has 0 fully saturated rings. The highest BCUT2D eigenvalue weighted by Crippen LogP contribution is 2.24. The van der Waals surface area contributed by atoms with E-state index in [-0.39, 0.29) is 5.75 Å². The average molecular weight is 286 g/mol. The van der Waals surface area contributed by atoms with Crippen LogP contribution in [0.5, 0.6) is 5.75 Å². The smallest absolute Gasteiger partial charge is 0.340 e. The van der Waals surface area contributed by atoms with Crippen molar-refractivity contribution in [1.82, 2.24) is 9.97 Å². The second-order valence-corrected chi connectivity index (χ2v) is 3.96. The minimum absolute atomic E-state index is 0.0926. The van der Waals surface area contributed by atoms with Gasteiger partial charge in [0, 0.05) is 5.56 Å². The maximum Gasteiger partial charge on any atom is 0.340 e. The maximum atomic E-state index is 12.7. The van der Waals surface area contributed by atoms with E-state index in [9.17, 15) is 17.6 Å². The van der Waals surface area contributed by atoms with Gasteiger partial charge in [-0.2, -0.15) is 8.78 Å². The Balaban J connectivity index is 2.03. The van der Waals surface area contributed by atoms with Crippen LogP contribution in [-0.4, -0.2) is 28.9 Å². The van der Waals surface area contributed by atoms with E-state index in [1.807, 2.05) is 6.07 Å². The third kappa shape index (κ3) is 3.43. The summed E-state index contributed by atoms with van der Waals surface area (Å²) >= 11 is 0. The van der Waals surface area contributed by atoms with Crippen molar-refractivity contribution in [1.29, 1.82) is 0 Å². The van der Waals surface area contributed by atoms with Crippen molar-refractivity contribution in [2.45, 2.75) is 12.3 Å². The summed E-state index contributed by atoms with van der Waals surface area (Å²) < 4.78 is 53.8. The Hall–Kier alpha value is -2.18. The van der Waals surface area contributed by atoms with Crippen molar-refractivity contribution in [3.63, 3.8) is 0 Å². The molecule has 0 unspecified atom stereocenters. The first-order valence-electron chi connectivity index (χ1n) is 5.65. The number of rotatable bonds is 5. The molecule has 106 valence electrons. The Morgan fingerprint density at radius 3 is 2.20 bits per heavy atom. The third-order valence-electron chi connectivity index (χ3n) is 2.41. The molecule has 0 radical (unpaired) electrons. The van der Waals surface area contributed by atoms with Crippen molar-refractivity contribution in [3.05, 3.63) is 42.7 Å². The van der Waals surface area contributed by atoms with E-state index in [1.165, 1.54) is 0 Å². The Kier molecular flexibility index (Phi) is 4.16. The summed E-state index contributed by atoms with van der Waals surface area (Å²) in [6.45, 7) is -1.42. The van der Waals surface area contributed by atoms with E-state index >= 15 is 0 Å². The van der Waals surface area contributed by atoms with Gasteiger partial charge in [-0.3, -0.25) is 0 Å². The van der Waals surface area contributed by atoms with E-state index in [4.69, 9.17) is 0 Å². The van der Waals surface area contributed by atoms with Crippen LogP contribution >= 0.6 is 0 Å². The first kappa shape index (κ1) is 14.2. The van der Waals surface area contributed by atoms with Crippen LogP contribution in [0, 0.1) is 0 Å². The second-order valence-electron chi connectivity index (χ2n) is 3.96. The topological polar surface area (TPSA) is 35.0 Å². The van der Waals surface area contributed by atoms with Crippen LogP contribution in [0.25, 0.3) is 11.4 Å². The molecule has 3 nitrogen and oxygen atoms in total. The number of ether oxygens (including phenoxy) is 1. The van der Waals surface area contributed by atoms with Gasteiger partial charge in [-0.25, -0.2) is 18.7 Å². The number of hydrogen-bond donors (Lipinski definition) is 0. The summed E-state index contributed by atoms with van der Waals surface area (Å²) in [6, 6.07) is 8.98. The first-order valence-corrected chi connectivity index (χ1v) is 5.65. The summed E-state index contributed by atoms with van der Waals surface area (Å²) in [5.41, 5.74) is 0.747. The van der Waals surface area contributed by atoms with Crippen LogP contribution in [0.1, 0.15) is 0 Å². The van der Waals surface area contributed by atoms with Gasteiger partial charge in [-0.1, -0.05) is 30.3 Å². The monoisotopic (exact) mass is 286 g/mol. The summed E-state index contributed by atoms with van der Waals surface area (Å²) in [6.07, 6.45) is -1.44. The molecule has 1 heterocycles. The molecular weight excluding hydrogens is 276 g/mol. The molecule has 0 N–H and O–H groups in total. The number of benzene rings is 1. The molecule has 1 aromatic heterocycles. The fourth-order valence-electron chi connectivity index (χ4n) is 1.37. The highest BCUT2D eigenvalue weighted by Gasteiger charge is 2.41. The van der Waals surface area contributed by atoms with Crippen molar-refractivity contribution >= 4 is 0 Å². The number of hydrogen-bond acceptors (Lipinski definition) is 3. The SMILES string of the molecule is FC(F)C(F)(F)COc1cnc(-c2ccccc2)nc1. The van der Waals surface area contributed by atoms with Gasteiger partial charge in [-0.05, 0) is 0 Å². The fourth-order valence-corrected chi connectivity index (χ4v) is 1.37. The van der Waals surface area contributed by atoms with Gasteiger partial charge in [0.15, 0.2) is 18.2 Å². The summed E-state index contributed by atoms with van der Waals surface area (Å²) in [4.78, 5) is 7.85. The Bertz CT molecular complexity index is 546. The second kappa shape index (κ2) is 5.85. The van der Waals surface area contributed by atoms with E-state index in [1.54, 1.807) is 24.3 Å². The third-order valence-corrected chi connectivity index (χ3v) is 2.41. The minimum Gasteiger partial charge on any atom is -0.484 e. The Labute approximate surface area is 112 Å². The molecule has 0 aliphatic carbocycles. The maximum absolute atomic E-state index is 12.7. The van der Waals surface area contributed by atoms with Gasteiger partial charge in [0.2, 0.25) is 0 Å². The molecule has 0 aliphatic rings. The summed E-state index contributed by atoms with van der Waals surface area (Å²) in [7, 11) is 0. The normalized spacial score (nSPS) is 11.7.